The summed E-state index contributed by atoms with van der Waals surface area (Å²) in [6, 6.07) is 12.2. The molecule has 0 radical (unpaired) electrons. The molecule has 0 aliphatic carbocycles. The Hall–Kier alpha value is -1.48. The molecule has 17 heavy (non-hydrogen) atoms. The van der Waals surface area contributed by atoms with Crippen molar-refractivity contribution < 1.29 is 0 Å². The van der Waals surface area contributed by atoms with Gasteiger partial charge in [0.15, 0.2) is 0 Å². The Labute approximate surface area is 110 Å². The van der Waals surface area contributed by atoms with Crippen molar-refractivity contribution >= 4 is 33.0 Å². The summed E-state index contributed by atoms with van der Waals surface area (Å²) in [4.78, 5) is 0. The third-order valence-corrected chi connectivity index (χ3v) is 3.37. The fraction of sp³-hybridized carbons (Fsp3) is 0.143. The van der Waals surface area contributed by atoms with E-state index in [9.17, 15) is 0 Å². The number of hydrogen-bond donors (Lipinski definition) is 2. The minimum atomic E-state index is 0.792. The quantitative estimate of drug-likeness (QED) is 0.805. The molecule has 0 unspecified atom stereocenters. The summed E-state index contributed by atoms with van der Waals surface area (Å²) in [5.74, 6) is 0. The summed E-state index contributed by atoms with van der Waals surface area (Å²) in [7, 11) is 0. The maximum atomic E-state index is 6.03. The summed E-state index contributed by atoms with van der Waals surface area (Å²) in [6.07, 6.45) is 0. The van der Waals surface area contributed by atoms with Crippen LogP contribution in [-0.2, 0) is 0 Å². The highest BCUT2D eigenvalue weighted by Gasteiger charge is 2.04. The molecule has 0 fully saturated rings. The van der Waals surface area contributed by atoms with E-state index in [2.05, 4.69) is 40.3 Å². The molecule has 2 rings (SSSR count). The molecule has 0 saturated carbocycles. The highest BCUT2D eigenvalue weighted by molar-refractivity contribution is 9.10. The zero-order valence-electron chi connectivity index (χ0n) is 9.92. The third-order valence-electron chi connectivity index (χ3n) is 2.72. The molecule has 3 N–H and O–H groups in total. The van der Waals surface area contributed by atoms with Crippen LogP contribution in [-0.4, -0.2) is 0 Å². The van der Waals surface area contributed by atoms with Gasteiger partial charge in [0.05, 0.1) is 17.1 Å². The summed E-state index contributed by atoms with van der Waals surface area (Å²) < 4.78 is 1.04. The lowest BCUT2D eigenvalue weighted by Gasteiger charge is -2.12. The number of para-hydroxylation sites is 1. The molecule has 0 atom stereocenters. The smallest absolute Gasteiger partial charge is 0.0620 e. The van der Waals surface area contributed by atoms with Crippen molar-refractivity contribution in [2.75, 3.05) is 11.1 Å². The number of nitrogen functional groups attached to an aromatic ring is 1. The summed E-state index contributed by atoms with van der Waals surface area (Å²) >= 11 is 3.54. The van der Waals surface area contributed by atoms with E-state index >= 15 is 0 Å². The first-order valence-corrected chi connectivity index (χ1v) is 6.25. The first-order valence-electron chi connectivity index (χ1n) is 5.46. The molecule has 3 heteroatoms. The predicted octanol–water partition coefficient (Wildman–Crippen LogP) is 4.39. The lowest BCUT2D eigenvalue weighted by atomic mass is 10.1. The van der Waals surface area contributed by atoms with Gasteiger partial charge in [-0.25, -0.2) is 0 Å². The van der Waals surface area contributed by atoms with Gasteiger partial charge in [0.1, 0.15) is 0 Å². The monoisotopic (exact) mass is 290 g/mol. The van der Waals surface area contributed by atoms with Crippen LogP contribution < -0.4 is 11.1 Å². The number of halogens is 1. The van der Waals surface area contributed by atoms with Crippen molar-refractivity contribution in [3.8, 4) is 0 Å². The van der Waals surface area contributed by atoms with Gasteiger partial charge < -0.3 is 11.1 Å². The Morgan fingerprint density at radius 2 is 1.82 bits per heavy atom. The van der Waals surface area contributed by atoms with Crippen LogP contribution in [0.25, 0.3) is 0 Å². The van der Waals surface area contributed by atoms with Gasteiger partial charge in [-0.15, -0.1) is 0 Å². The predicted molar refractivity (Wildman–Crippen MR) is 77.8 cm³/mol. The van der Waals surface area contributed by atoms with Gasteiger partial charge in [-0.2, -0.15) is 0 Å². The van der Waals surface area contributed by atoms with Gasteiger partial charge in [-0.1, -0.05) is 18.2 Å². The van der Waals surface area contributed by atoms with Crippen LogP contribution in [0.15, 0.2) is 40.9 Å². The van der Waals surface area contributed by atoms with E-state index in [0.717, 1.165) is 27.1 Å². The Morgan fingerprint density at radius 3 is 2.53 bits per heavy atom. The molecule has 88 valence electrons. The van der Waals surface area contributed by atoms with Crippen molar-refractivity contribution in [3.05, 3.63) is 52.0 Å². The van der Waals surface area contributed by atoms with Crippen LogP contribution in [0.4, 0.5) is 17.1 Å². The Morgan fingerprint density at radius 1 is 1.06 bits per heavy atom. The number of rotatable bonds is 2. The van der Waals surface area contributed by atoms with Crippen LogP contribution in [0.1, 0.15) is 11.1 Å². The first kappa shape index (κ1) is 12.0. The average molecular weight is 291 g/mol. The summed E-state index contributed by atoms with van der Waals surface area (Å²) in [5, 5.41) is 3.34. The lowest BCUT2D eigenvalue weighted by Crippen LogP contribution is -1.98. The van der Waals surface area contributed by atoms with Gasteiger partial charge in [-0.05, 0) is 59.1 Å². The molecule has 0 aliphatic rings. The van der Waals surface area contributed by atoms with E-state index in [1.807, 2.05) is 31.2 Å². The van der Waals surface area contributed by atoms with Crippen molar-refractivity contribution in [1.29, 1.82) is 0 Å². The standard InChI is InChI=1S/C14H15BrN2/c1-9-6-7-12(11(15)8-9)17-13-5-3-4-10(2)14(13)16/h3-8,17H,16H2,1-2H3. The number of nitrogens with one attached hydrogen (secondary N) is 1. The van der Waals surface area contributed by atoms with Crippen LogP contribution in [0.2, 0.25) is 0 Å². The fourth-order valence-corrected chi connectivity index (χ4v) is 2.25. The number of anilines is 3. The molecule has 2 aromatic carbocycles. The molecular formula is C14H15BrN2. The van der Waals surface area contributed by atoms with E-state index in [0.29, 0.717) is 0 Å². The topological polar surface area (TPSA) is 38.0 Å². The molecule has 0 saturated heterocycles. The highest BCUT2D eigenvalue weighted by Crippen LogP contribution is 2.30. The Kier molecular flexibility index (Phi) is 3.38. The van der Waals surface area contributed by atoms with Crippen LogP contribution >= 0.6 is 15.9 Å². The zero-order valence-corrected chi connectivity index (χ0v) is 11.5. The largest absolute Gasteiger partial charge is 0.397 e. The molecule has 2 aromatic rings. The fourth-order valence-electron chi connectivity index (χ4n) is 1.66. The lowest BCUT2D eigenvalue weighted by molar-refractivity contribution is 1.41. The number of aryl methyl sites for hydroxylation is 2. The molecule has 0 aliphatic heterocycles. The number of benzene rings is 2. The molecular weight excluding hydrogens is 276 g/mol. The SMILES string of the molecule is Cc1ccc(Nc2cccc(C)c2N)c(Br)c1. The highest BCUT2D eigenvalue weighted by atomic mass is 79.9. The normalized spacial score (nSPS) is 10.3. The Bertz CT molecular complexity index is 550. The maximum Gasteiger partial charge on any atom is 0.0620 e. The van der Waals surface area contributed by atoms with Gasteiger partial charge in [-0.3, -0.25) is 0 Å². The van der Waals surface area contributed by atoms with E-state index < -0.39 is 0 Å². The zero-order chi connectivity index (χ0) is 12.4. The Balaban J connectivity index is 2.35. The van der Waals surface area contributed by atoms with Crippen LogP contribution in [0, 0.1) is 13.8 Å². The second-order valence-corrected chi connectivity index (χ2v) is 5.00. The molecule has 0 bridgehead atoms. The number of hydrogen-bond acceptors (Lipinski definition) is 2. The van der Waals surface area contributed by atoms with Crippen molar-refractivity contribution in [3.63, 3.8) is 0 Å². The molecule has 0 amide bonds. The first-order chi connectivity index (χ1) is 8.08. The summed E-state index contributed by atoms with van der Waals surface area (Å²) in [6.45, 7) is 4.07. The summed E-state index contributed by atoms with van der Waals surface area (Å²) in [5.41, 5.74) is 11.1. The maximum absolute atomic E-state index is 6.03. The minimum absolute atomic E-state index is 0.792. The minimum Gasteiger partial charge on any atom is -0.397 e. The van der Waals surface area contributed by atoms with Crippen molar-refractivity contribution in [1.82, 2.24) is 0 Å². The second-order valence-electron chi connectivity index (χ2n) is 4.14. The molecule has 0 spiro atoms. The van der Waals surface area contributed by atoms with Crippen molar-refractivity contribution in [2.45, 2.75) is 13.8 Å². The second kappa shape index (κ2) is 4.80. The molecule has 0 heterocycles. The average Bonchev–Trinajstić information content (AvgIpc) is 2.28. The third kappa shape index (κ3) is 2.61. The van der Waals surface area contributed by atoms with E-state index in [4.69, 9.17) is 5.73 Å². The van der Waals surface area contributed by atoms with Crippen LogP contribution in [0.3, 0.4) is 0 Å². The molecule has 0 aromatic heterocycles. The van der Waals surface area contributed by atoms with Crippen molar-refractivity contribution in [2.24, 2.45) is 0 Å². The van der Waals surface area contributed by atoms with Gasteiger partial charge in [0.25, 0.3) is 0 Å². The van der Waals surface area contributed by atoms with Gasteiger partial charge in [0.2, 0.25) is 0 Å². The number of nitrogens with two attached hydrogens (primary N) is 1. The van der Waals surface area contributed by atoms with E-state index in [1.54, 1.807) is 0 Å². The molecule has 2 nitrogen and oxygen atoms in total. The van der Waals surface area contributed by atoms with Gasteiger partial charge >= 0.3 is 0 Å². The van der Waals surface area contributed by atoms with E-state index in [-0.39, 0.29) is 0 Å². The van der Waals surface area contributed by atoms with Crippen LogP contribution in [0.5, 0.6) is 0 Å². The van der Waals surface area contributed by atoms with E-state index in [1.165, 1.54) is 5.56 Å². The van der Waals surface area contributed by atoms with Gasteiger partial charge in [0, 0.05) is 4.47 Å².